The number of halogens is 3. The van der Waals surface area contributed by atoms with Crippen molar-refractivity contribution in [2.75, 3.05) is 28.6 Å². The number of nitrogens with one attached hydrogen (secondary N) is 2. The molecular formula is C21H24F3N3O. The zero-order valence-electron chi connectivity index (χ0n) is 15.7. The number of benzene rings is 2. The Bertz CT molecular complexity index is 799. The van der Waals surface area contributed by atoms with Gasteiger partial charge in [0, 0.05) is 24.5 Å². The molecule has 28 heavy (non-hydrogen) atoms. The van der Waals surface area contributed by atoms with E-state index in [1.165, 1.54) is 37.5 Å². The van der Waals surface area contributed by atoms with Gasteiger partial charge in [-0.05, 0) is 62.6 Å². The minimum atomic E-state index is -4.52. The van der Waals surface area contributed by atoms with Crippen molar-refractivity contribution < 1.29 is 18.0 Å². The van der Waals surface area contributed by atoms with Crippen LogP contribution in [0.25, 0.3) is 0 Å². The molecule has 1 heterocycles. The van der Waals surface area contributed by atoms with E-state index in [2.05, 4.69) is 15.5 Å². The van der Waals surface area contributed by atoms with Crippen molar-refractivity contribution in [2.24, 2.45) is 0 Å². The predicted octanol–water partition coefficient (Wildman–Crippen LogP) is 5.13. The number of nitrogens with zero attached hydrogens (tertiary/aromatic N) is 1. The fourth-order valence-corrected chi connectivity index (χ4v) is 3.32. The highest BCUT2D eigenvalue weighted by Crippen LogP contribution is 2.34. The first kappa shape index (κ1) is 20.0. The average Bonchev–Trinajstić information content (AvgIpc) is 2.69. The third-order valence-electron chi connectivity index (χ3n) is 4.86. The zero-order valence-corrected chi connectivity index (χ0v) is 15.7. The van der Waals surface area contributed by atoms with Crippen LogP contribution in [0.15, 0.2) is 48.5 Å². The van der Waals surface area contributed by atoms with Crippen LogP contribution in [-0.4, -0.2) is 25.0 Å². The van der Waals surface area contributed by atoms with Crippen molar-refractivity contribution in [1.29, 1.82) is 0 Å². The predicted molar refractivity (Wildman–Crippen MR) is 106 cm³/mol. The molecule has 0 radical (unpaired) electrons. The lowest BCUT2D eigenvalue weighted by atomic mass is 10.1. The molecule has 1 fully saturated rings. The Labute approximate surface area is 162 Å². The van der Waals surface area contributed by atoms with Crippen molar-refractivity contribution in [2.45, 2.75) is 38.4 Å². The number of hydrogen-bond acceptors (Lipinski definition) is 3. The molecule has 150 valence electrons. The van der Waals surface area contributed by atoms with E-state index in [4.69, 9.17) is 0 Å². The molecular weight excluding hydrogens is 367 g/mol. The van der Waals surface area contributed by atoms with Crippen molar-refractivity contribution in [3.63, 3.8) is 0 Å². The van der Waals surface area contributed by atoms with Crippen LogP contribution in [0.2, 0.25) is 0 Å². The summed E-state index contributed by atoms with van der Waals surface area (Å²) >= 11 is 0. The van der Waals surface area contributed by atoms with Gasteiger partial charge >= 0.3 is 6.18 Å². The number of anilines is 3. The Morgan fingerprint density at radius 3 is 2.29 bits per heavy atom. The summed E-state index contributed by atoms with van der Waals surface area (Å²) in [6.45, 7) is 3.71. The van der Waals surface area contributed by atoms with Gasteiger partial charge in [-0.2, -0.15) is 13.2 Å². The van der Waals surface area contributed by atoms with E-state index in [1.807, 2.05) is 24.3 Å². The lowest BCUT2D eigenvalue weighted by Crippen LogP contribution is -2.32. The van der Waals surface area contributed by atoms with Crippen LogP contribution in [0.4, 0.5) is 30.2 Å². The van der Waals surface area contributed by atoms with Crippen molar-refractivity contribution in [3.8, 4) is 0 Å². The number of carbonyl (C=O) groups is 1. The fourth-order valence-electron chi connectivity index (χ4n) is 3.32. The van der Waals surface area contributed by atoms with Gasteiger partial charge in [0.15, 0.2) is 0 Å². The average molecular weight is 391 g/mol. The SMILES string of the molecule is C[C@@H](Nc1ccc(N2CCCCC2)cc1)C(=O)Nc1ccccc1C(F)(F)F. The Hall–Kier alpha value is -2.70. The van der Waals surface area contributed by atoms with E-state index >= 15 is 0 Å². The van der Waals surface area contributed by atoms with Gasteiger partial charge in [0.25, 0.3) is 0 Å². The number of para-hydroxylation sites is 1. The van der Waals surface area contributed by atoms with E-state index in [0.29, 0.717) is 0 Å². The highest BCUT2D eigenvalue weighted by Gasteiger charge is 2.33. The molecule has 7 heteroatoms. The van der Waals surface area contributed by atoms with E-state index in [-0.39, 0.29) is 5.69 Å². The number of rotatable bonds is 5. The topological polar surface area (TPSA) is 44.4 Å². The van der Waals surface area contributed by atoms with E-state index in [1.54, 1.807) is 6.92 Å². The normalized spacial score (nSPS) is 15.8. The molecule has 1 aliphatic rings. The molecule has 1 amide bonds. The quantitative estimate of drug-likeness (QED) is 0.742. The lowest BCUT2D eigenvalue weighted by Gasteiger charge is -2.29. The van der Waals surface area contributed by atoms with Crippen LogP contribution in [0.3, 0.4) is 0 Å². The number of amides is 1. The van der Waals surface area contributed by atoms with Gasteiger partial charge in [-0.15, -0.1) is 0 Å². The number of piperidine rings is 1. The maximum Gasteiger partial charge on any atom is 0.418 e. The molecule has 1 saturated heterocycles. The van der Waals surface area contributed by atoms with Crippen molar-refractivity contribution in [1.82, 2.24) is 0 Å². The summed E-state index contributed by atoms with van der Waals surface area (Å²) in [7, 11) is 0. The molecule has 0 bridgehead atoms. The molecule has 0 aromatic heterocycles. The molecule has 2 aromatic rings. The zero-order chi connectivity index (χ0) is 20.1. The summed E-state index contributed by atoms with van der Waals surface area (Å²) < 4.78 is 39.2. The smallest absolute Gasteiger partial charge is 0.374 e. The maximum absolute atomic E-state index is 13.1. The third kappa shape index (κ3) is 4.97. The van der Waals surface area contributed by atoms with Gasteiger partial charge in [-0.3, -0.25) is 4.79 Å². The second kappa shape index (κ2) is 8.54. The third-order valence-corrected chi connectivity index (χ3v) is 4.86. The largest absolute Gasteiger partial charge is 0.418 e. The van der Waals surface area contributed by atoms with E-state index in [0.717, 1.165) is 30.5 Å². The molecule has 3 rings (SSSR count). The molecule has 0 aliphatic carbocycles. The molecule has 1 atom stereocenters. The van der Waals surface area contributed by atoms with Gasteiger partial charge in [0.05, 0.1) is 11.3 Å². The standard InChI is InChI=1S/C21H24F3N3O/c1-15(20(28)26-19-8-4-3-7-18(19)21(22,23)24)25-16-9-11-17(12-10-16)27-13-5-2-6-14-27/h3-4,7-12,15,25H,2,5-6,13-14H2,1H3,(H,26,28)/t15-/m1/s1. The summed E-state index contributed by atoms with van der Waals surface area (Å²) in [6.07, 6.45) is -0.877. The summed E-state index contributed by atoms with van der Waals surface area (Å²) in [4.78, 5) is 14.7. The van der Waals surface area contributed by atoms with Crippen LogP contribution in [-0.2, 0) is 11.0 Å². The van der Waals surface area contributed by atoms with Gasteiger partial charge < -0.3 is 15.5 Å². The molecule has 0 saturated carbocycles. The lowest BCUT2D eigenvalue weighted by molar-refractivity contribution is -0.137. The van der Waals surface area contributed by atoms with Gasteiger partial charge in [-0.25, -0.2) is 0 Å². The molecule has 0 unspecified atom stereocenters. The van der Waals surface area contributed by atoms with Crippen molar-refractivity contribution >= 4 is 23.0 Å². The number of carbonyl (C=O) groups excluding carboxylic acids is 1. The van der Waals surface area contributed by atoms with Crippen LogP contribution in [0.5, 0.6) is 0 Å². The number of hydrogen-bond donors (Lipinski definition) is 2. The van der Waals surface area contributed by atoms with Crippen LogP contribution >= 0.6 is 0 Å². The fraction of sp³-hybridized carbons (Fsp3) is 0.381. The second-order valence-corrected chi connectivity index (χ2v) is 6.99. The highest BCUT2D eigenvalue weighted by molar-refractivity contribution is 5.97. The van der Waals surface area contributed by atoms with Crippen LogP contribution in [0, 0.1) is 0 Å². The minimum Gasteiger partial charge on any atom is -0.374 e. The van der Waals surface area contributed by atoms with Crippen molar-refractivity contribution in [3.05, 3.63) is 54.1 Å². The first-order valence-electron chi connectivity index (χ1n) is 9.43. The molecule has 2 aromatic carbocycles. The van der Waals surface area contributed by atoms with Gasteiger partial charge in [-0.1, -0.05) is 12.1 Å². The summed E-state index contributed by atoms with van der Waals surface area (Å²) in [5, 5.41) is 5.41. The van der Waals surface area contributed by atoms with Crippen LogP contribution in [0.1, 0.15) is 31.7 Å². The summed E-state index contributed by atoms with van der Waals surface area (Å²) in [5.41, 5.74) is 0.782. The van der Waals surface area contributed by atoms with Gasteiger partial charge in [0.2, 0.25) is 5.91 Å². The Morgan fingerprint density at radius 2 is 1.64 bits per heavy atom. The molecule has 1 aliphatic heterocycles. The Kier molecular flexibility index (Phi) is 6.11. The Morgan fingerprint density at radius 1 is 1.00 bits per heavy atom. The van der Waals surface area contributed by atoms with Crippen LogP contribution < -0.4 is 15.5 Å². The number of alkyl halides is 3. The van der Waals surface area contributed by atoms with E-state index < -0.39 is 23.7 Å². The second-order valence-electron chi connectivity index (χ2n) is 6.99. The maximum atomic E-state index is 13.1. The summed E-state index contributed by atoms with van der Waals surface area (Å²) in [5.74, 6) is -0.531. The van der Waals surface area contributed by atoms with Gasteiger partial charge in [0.1, 0.15) is 6.04 Å². The minimum absolute atomic E-state index is 0.242. The molecule has 0 spiro atoms. The molecule has 2 N–H and O–H groups in total. The van der Waals surface area contributed by atoms with E-state index in [9.17, 15) is 18.0 Å². The summed E-state index contributed by atoms with van der Waals surface area (Å²) in [6, 6.07) is 12.0. The monoisotopic (exact) mass is 391 g/mol. The Balaban J connectivity index is 1.62. The first-order chi connectivity index (χ1) is 13.3. The molecule has 4 nitrogen and oxygen atoms in total. The first-order valence-corrected chi connectivity index (χ1v) is 9.43. The highest BCUT2D eigenvalue weighted by atomic mass is 19.4.